The number of carboxylic acid groups (broad SMARTS) is 1. The maximum atomic E-state index is 12.2. The van der Waals surface area contributed by atoms with Gasteiger partial charge in [-0.2, -0.15) is 17.4 Å². The molecule has 0 spiro atoms. The monoisotopic (exact) mass is 292 g/mol. The van der Waals surface area contributed by atoms with Gasteiger partial charge in [0.15, 0.2) is 0 Å². The van der Waals surface area contributed by atoms with Gasteiger partial charge in [0, 0.05) is 13.1 Å². The summed E-state index contributed by atoms with van der Waals surface area (Å²) < 4.78 is 28.1. The number of carbonyl (C=O) groups is 1. The minimum absolute atomic E-state index is 0.118. The molecule has 1 fully saturated rings. The molecule has 0 amide bonds. The molecule has 7 heteroatoms. The number of nitrogens with zero attached hydrogens (tertiary/aromatic N) is 1. The van der Waals surface area contributed by atoms with Gasteiger partial charge in [-0.25, -0.2) is 0 Å². The fourth-order valence-electron chi connectivity index (χ4n) is 2.21. The molecule has 0 saturated carbocycles. The van der Waals surface area contributed by atoms with Crippen LogP contribution in [0.2, 0.25) is 0 Å². The number of hydrogen-bond acceptors (Lipinski definition) is 3. The average molecular weight is 292 g/mol. The maximum Gasteiger partial charge on any atom is 0.321 e. The normalized spacial score (nSPS) is 20.2. The Morgan fingerprint density at radius 2 is 1.74 bits per heavy atom. The lowest BCUT2D eigenvalue weighted by molar-refractivity contribution is -0.139. The summed E-state index contributed by atoms with van der Waals surface area (Å²) in [6, 6.07) is -1.05. The first-order valence-electron chi connectivity index (χ1n) is 6.83. The van der Waals surface area contributed by atoms with E-state index in [0.29, 0.717) is 19.5 Å². The number of hydrogen-bond donors (Lipinski definition) is 2. The van der Waals surface area contributed by atoms with E-state index in [1.54, 1.807) is 0 Å². The van der Waals surface area contributed by atoms with Crippen LogP contribution < -0.4 is 4.72 Å². The summed E-state index contributed by atoms with van der Waals surface area (Å²) in [5, 5.41) is 9.09. The molecule has 0 bridgehead atoms. The highest BCUT2D eigenvalue weighted by molar-refractivity contribution is 7.87. The third-order valence-corrected chi connectivity index (χ3v) is 4.83. The van der Waals surface area contributed by atoms with Crippen molar-refractivity contribution in [1.29, 1.82) is 0 Å². The van der Waals surface area contributed by atoms with Crippen LogP contribution in [0.5, 0.6) is 0 Å². The Kier molecular flexibility index (Phi) is 6.22. The topological polar surface area (TPSA) is 86.7 Å². The lowest BCUT2D eigenvalue weighted by Crippen LogP contribution is -2.49. The Bertz CT molecular complexity index is 387. The fraction of sp³-hybridized carbons (Fsp3) is 0.917. The second-order valence-electron chi connectivity index (χ2n) is 5.46. The van der Waals surface area contributed by atoms with Crippen molar-refractivity contribution < 1.29 is 18.3 Å². The largest absolute Gasteiger partial charge is 0.480 e. The van der Waals surface area contributed by atoms with Crippen molar-refractivity contribution in [3.63, 3.8) is 0 Å². The SMILES string of the molecule is CC(C)CC(NS(=O)(=O)N1CCCCCC1)C(=O)O. The smallest absolute Gasteiger partial charge is 0.321 e. The molecule has 1 unspecified atom stereocenters. The summed E-state index contributed by atoms with van der Waals surface area (Å²) in [5.41, 5.74) is 0. The summed E-state index contributed by atoms with van der Waals surface area (Å²) >= 11 is 0. The molecular formula is C12H24N2O4S. The first-order valence-corrected chi connectivity index (χ1v) is 8.27. The first kappa shape index (κ1) is 16.4. The van der Waals surface area contributed by atoms with E-state index in [-0.39, 0.29) is 5.92 Å². The standard InChI is InChI=1S/C12H24N2O4S/c1-10(2)9-11(12(15)16)13-19(17,18)14-7-5-3-4-6-8-14/h10-11,13H,3-9H2,1-2H3,(H,15,16). The van der Waals surface area contributed by atoms with Gasteiger partial charge in [-0.3, -0.25) is 4.79 Å². The molecule has 1 aliphatic rings. The van der Waals surface area contributed by atoms with Gasteiger partial charge < -0.3 is 5.11 Å². The quantitative estimate of drug-likeness (QED) is 0.770. The minimum atomic E-state index is -3.69. The molecule has 0 aromatic heterocycles. The van der Waals surface area contributed by atoms with Crippen LogP contribution in [0, 0.1) is 5.92 Å². The average Bonchev–Trinajstić information content (AvgIpc) is 2.55. The van der Waals surface area contributed by atoms with Crippen molar-refractivity contribution in [3.8, 4) is 0 Å². The predicted octanol–water partition coefficient (Wildman–Crippen LogP) is 1.20. The number of aliphatic carboxylic acids is 1. The van der Waals surface area contributed by atoms with E-state index >= 15 is 0 Å². The fourth-order valence-corrected chi connectivity index (χ4v) is 3.65. The predicted molar refractivity (Wildman–Crippen MR) is 73.0 cm³/mol. The lowest BCUT2D eigenvalue weighted by atomic mass is 10.1. The van der Waals surface area contributed by atoms with Gasteiger partial charge in [0.25, 0.3) is 10.2 Å². The highest BCUT2D eigenvalue weighted by Gasteiger charge is 2.29. The highest BCUT2D eigenvalue weighted by Crippen LogP contribution is 2.14. The summed E-state index contributed by atoms with van der Waals surface area (Å²) in [7, 11) is -3.69. The highest BCUT2D eigenvalue weighted by atomic mass is 32.2. The van der Waals surface area contributed by atoms with Gasteiger partial charge in [0.05, 0.1) is 0 Å². The zero-order valence-corrected chi connectivity index (χ0v) is 12.4. The number of nitrogens with one attached hydrogen (secondary N) is 1. The maximum absolute atomic E-state index is 12.2. The molecule has 0 aromatic rings. The van der Waals surface area contributed by atoms with E-state index in [0.717, 1.165) is 25.7 Å². The summed E-state index contributed by atoms with van der Waals surface area (Å²) in [5.74, 6) is -1.000. The zero-order chi connectivity index (χ0) is 14.5. The lowest BCUT2D eigenvalue weighted by Gasteiger charge is -2.23. The van der Waals surface area contributed by atoms with Gasteiger partial charge in [-0.1, -0.05) is 26.7 Å². The molecule has 0 radical (unpaired) electrons. The van der Waals surface area contributed by atoms with Crippen LogP contribution in [0.25, 0.3) is 0 Å². The van der Waals surface area contributed by atoms with E-state index in [2.05, 4.69) is 4.72 Å². The van der Waals surface area contributed by atoms with Crippen molar-refractivity contribution in [1.82, 2.24) is 9.03 Å². The van der Waals surface area contributed by atoms with Crippen LogP contribution in [0.1, 0.15) is 46.0 Å². The third kappa shape index (κ3) is 5.46. The van der Waals surface area contributed by atoms with E-state index in [9.17, 15) is 13.2 Å². The second-order valence-corrected chi connectivity index (χ2v) is 7.16. The Balaban J connectivity index is 2.72. The second kappa shape index (κ2) is 7.21. The van der Waals surface area contributed by atoms with Crippen LogP contribution in [0.15, 0.2) is 0 Å². The van der Waals surface area contributed by atoms with Gasteiger partial charge in [-0.05, 0) is 25.2 Å². The molecule has 1 aliphatic heterocycles. The molecule has 1 saturated heterocycles. The summed E-state index contributed by atoms with van der Waals surface area (Å²) in [6.45, 7) is 4.69. The minimum Gasteiger partial charge on any atom is -0.480 e. The molecule has 19 heavy (non-hydrogen) atoms. The van der Waals surface area contributed by atoms with Gasteiger partial charge in [0.2, 0.25) is 0 Å². The van der Waals surface area contributed by atoms with E-state index in [1.165, 1.54) is 4.31 Å². The van der Waals surface area contributed by atoms with Gasteiger partial charge in [-0.15, -0.1) is 0 Å². The van der Waals surface area contributed by atoms with Crippen LogP contribution in [-0.2, 0) is 15.0 Å². The Hall–Kier alpha value is -0.660. The molecule has 2 N–H and O–H groups in total. The Labute approximate surface area is 115 Å². The van der Waals surface area contributed by atoms with Crippen molar-refractivity contribution in [2.75, 3.05) is 13.1 Å². The molecule has 0 aromatic carbocycles. The molecule has 1 atom stereocenters. The molecule has 1 heterocycles. The van der Waals surface area contributed by atoms with Crippen molar-refractivity contribution in [2.45, 2.75) is 52.0 Å². The number of carboxylic acids is 1. The van der Waals surface area contributed by atoms with E-state index in [1.807, 2.05) is 13.8 Å². The van der Waals surface area contributed by atoms with E-state index < -0.39 is 22.2 Å². The Morgan fingerprint density at radius 1 is 1.21 bits per heavy atom. The van der Waals surface area contributed by atoms with Crippen LogP contribution in [0.3, 0.4) is 0 Å². The van der Waals surface area contributed by atoms with Crippen molar-refractivity contribution in [2.24, 2.45) is 5.92 Å². The van der Waals surface area contributed by atoms with E-state index in [4.69, 9.17) is 5.11 Å². The molecule has 6 nitrogen and oxygen atoms in total. The summed E-state index contributed by atoms with van der Waals surface area (Å²) in [4.78, 5) is 11.1. The van der Waals surface area contributed by atoms with Crippen LogP contribution in [0.4, 0.5) is 0 Å². The first-order chi connectivity index (χ1) is 8.83. The van der Waals surface area contributed by atoms with Crippen molar-refractivity contribution >= 4 is 16.2 Å². The molecular weight excluding hydrogens is 268 g/mol. The van der Waals surface area contributed by atoms with Crippen molar-refractivity contribution in [3.05, 3.63) is 0 Å². The van der Waals surface area contributed by atoms with Crippen LogP contribution >= 0.6 is 0 Å². The van der Waals surface area contributed by atoms with Gasteiger partial charge >= 0.3 is 5.97 Å². The molecule has 1 rings (SSSR count). The summed E-state index contributed by atoms with van der Waals surface area (Å²) in [6.07, 6.45) is 4.02. The molecule has 0 aliphatic carbocycles. The molecule has 112 valence electrons. The van der Waals surface area contributed by atoms with Crippen LogP contribution in [-0.4, -0.2) is 42.9 Å². The third-order valence-electron chi connectivity index (χ3n) is 3.20. The number of rotatable bonds is 6. The Morgan fingerprint density at radius 3 is 2.16 bits per heavy atom. The van der Waals surface area contributed by atoms with Gasteiger partial charge in [0.1, 0.15) is 6.04 Å². The zero-order valence-electron chi connectivity index (χ0n) is 11.6.